The quantitative estimate of drug-likeness (QED) is 0.795. The standard InChI is InChI=1S/C13H16N4/c1-11(2)8-14-9-12-10-15-17(16-12)13-6-4-3-5-7-13/h3-7,10,14H,1,8-9H2,2H3. The maximum atomic E-state index is 4.39. The van der Waals surface area contributed by atoms with E-state index in [2.05, 4.69) is 22.1 Å². The summed E-state index contributed by atoms with van der Waals surface area (Å²) in [5, 5.41) is 11.9. The summed E-state index contributed by atoms with van der Waals surface area (Å²) in [6.07, 6.45) is 1.78. The van der Waals surface area contributed by atoms with Gasteiger partial charge < -0.3 is 5.32 Å². The van der Waals surface area contributed by atoms with Crippen LogP contribution in [0.4, 0.5) is 0 Å². The molecule has 0 unspecified atom stereocenters. The van der Waals surface area contributed by atoms with Crippen LogP contribution in [0.1, 0.15) is 12.6 Å². The summed E-state index contributed by atoms with van der Waals surface area (Å²) in [5.74, 6) is 0. The topological polar surface area (TPSA) is 42.7 Å². The van der Waals surface area contributed by atoms with E-state index in [9.17, 15) is 0 Å². The predicted molar refractivity (Wildman–Crippen MR) is 67.9 cm³/mol. The molecule has 88 valence electrons. The number of benzene rings is 1. The maximum absolute atomic E-state index is 4.39. The minimum Gasteiger partial charge on any atom is -0.307 e. The van der Waals surface area contributed by atoms with Crippen LogP contribution in [-0.4, -0.2) is 21.5 Å². The molecule has 0 radical (unpaired) electrons. The lowest BCUT2D eigenvalue weighted by atomic mass is 10.3. The van der Waals surface area contributed by atoms with Crippen molar-refractivity contribution in [3.05, 3.63) is 54.4 Å². The third kappa shape index (κ3) is 3.26. The van der Waals surface area contributed by atoms with Gasteiger partial charge in [0.1, 0.15) is 0 Å². The van der Waals surface area contributed by atoms with Crippen LogP contribution < -0.4 is 5.32 Å². The van der Waals surface area contributed by atoms with Gasteiger partial charge in [0.05, 0.1) is 17.6 Å². The summed E-state index contributed by atoms with van der Waals surface area (Å²) >= 11 is 0. The van der Waals surface area contributed by atoms with Gasteiger partial charge in [0.2, 0.25) is 0 Å². The number of rotatable bonds is 5. The van der Waals surface area contributed by atoms with Crippen LogP contribution in [0.2, 0.25) is 0 Å². The van der Waals surface area contributed by atoms with E-state index < -0.39 is 0 Å². The molecule has 1 aromatic heterocycles. The van der Waals surface area contributed by atoms with Crippen molar-refractivity contribution in [2.24, 2.45) is 0 Å². The number of nitrogens with zero attached hydrogens (tertiary/aromatic N) is 3. The molecule has 4 nitrogen and oxygen atoms in total. The smallest absolute Gasteiger partial charge is 0.0969 e. The van der Waals surface area contributed by atoms with Gasteiger partial charge in [-0.15, -0.1) is 0 Å². The Bertz CT molecular complexity index is 487. The van der Waals surface area contributed by atoms with Crippen LogP contribution in [0.15, 0.2) is 48.7 Å². The van der Waals surface area contributed by atoms with Crippen molar-refractivity contribution in [1.82, 2.24) is 20.3 Å². The van der Waals surface area contributed by atoms with Crippen molar-refractivity contribution in [3.8, 4) is 5.69 Å². The van der Waals surface area contributed by atoms with Gasteiger partial charge in [-0.25, -0.2) is 0 Å². The van der Waals surface area contributed by atoms with Crippen LogP contribution in [-0.2, 0) is 6.54 Å². The third-order valence-corrected chi connectivity index (χ3v) is 2.26. The van der Waals surface area contributed by atoms with Crippen LogP contribution in [0.25, 0.3) is 5.69 Å². The number of hydrogen-bond acceptors (Lipinski definition) is 3. The second-order valence-electron chi connectivity index (χ2n) is 4.02. The molecule has 0 aliphatic rings. The van der Waals surface area contributed by atoms with Gasteiger partial charge in [0.15, 0.2) is 0 Å². The predicted octanol–water partition coefficient (Wildman–Crippen LogP) is 1.93. The van der Waals surface area contributed by atoms with Gasteiger partial charge in [-0.3, -0.25) is 0 Å². The molecule has 1 aromatic carbocycles. The fraction of sp³-hybridized carbons (Fsp3) is 0.231. The van der Waals surface area contributed by atoms with Gasteiger partial charge in [-0.1, -0.05) is 30.4 Å². The first kappa shape index (κ1) is 11.5. The first-order chi connectivity index (χ1) is 8.25. The first-order valence-electron chi connectivity index (χ1n) is 5.57. The summed E-state index contributed by atoms with van der Waals surface area (Å²) in [4.78, 5) is 1.64. The monoisotopic (exact) mass is 228 g/mol. The Hall–Kier alpha value is -1.94. The van der Waals surface area contributed by atoms with E-state index in [0.29, 0.717) is 6.54 Å². The molecule has 0 saturated carbocycles. The van der Waals surface area contributed by atoms with E-state index in [1.54, 1.807) is 11.0 Å². The highest BCUT2D eigenvalue weighted by atomic mass is 15.5. The second-order valence-corrected chi connectivity index (χ2v) is 4.02. The number of hydrogen-bond donors (Lipinski definition) is 1. The summed E-state index contributed by atoms with van der Waals surface area (Å²) in [6, 6.07) is 9.87. The van der Waals surface area contributed by atoms with Gasteiger partial charge in [0.25, 0.3) is 0 Å². The molecule has 2 rings (SSSR count). The average molecular weight is 228 g/mol. The Balaban J connectivity index is 1.99. The minimum atomic E-state index is 0.708. The van der Waals surface area contributed by atoms with Crippen LogP contribution in [0, 0.1) is 0 Å². The van der Waals surface area contributed by atoms with Crippen molar-refractivity contribution >= 4 is 0 Å². The Morgan fingerprint density at radius 2 is 2.12 bits per heavy atom. The largest absolute Gasteiger partial charge is 0.307 e. The summed E-state index contributed by atoms with van der Waals surface area (Å²) < 4.78 is 0. The molecule has 0 fully saturated rings. The lowest BCUT2D eigenvalue weighted by Crippen LogP contribution is -2.15. The Labute approximate surface area is 101 Å². The zero-order valence-corrected chi connectivity index (χ0v) is 9.93. The second kappa shape index (κ2) is 5.41. The van der Waals surface area contributed by atoms with E-state index in [1.165, 1.54) is 0 Å². The van der Waals surface area contributed by atoms with Crippen molar-refractivity contribution in [3.63, 3.8) is 0 Å². The van der Waals surface area contributed by atoms with Crippen molar-refractivity contribution in [1.29, 1.82) is 0 Å². The van der Waals surface area contributed by atoms with Crippen LogP contribution >= 0.6 is 0 Å². The summed E-state index contributed by atoms with van der Waals surface area (Å²) in [7, 11) is 0. The summed E-state index contributed by atoms with van der Waals surface area (Å²) in [6.45, 7) is 7.34. The van der Waals surface area contributed by atoms with Gasteiger partial charge >= 0.3 is 0 Å². The SMILES string of the molecule is C=C(C)CNCc1cnn(-c2ccccc2)n1. The van der Waals surface area contributed by atoms with E-state index in [1.807, 2.05) is 37.3 Å². The van der Waals surface area contributed by atoms with Crippen molar-refractivity contribution in [2.75, 3.05) is 6.54 Å². The van der Waals surface area contributed by atoms with Gasteiger partial charge in [0, 0.05) is 13.1 Å². The molecule has 1 N–H and O–H groups in total. The third-order valence-electron chi connectivity index (χ3n) is 2.26. The first-order valence-corrected chi connectivity index (χ1v) is 5.57. The highest BCUT2D eigenvalue weighted by Crippen LogP contribution is 2.03. The van der Waals surface area contributed by atoms with Gasteiger partial charge in [-0.2, -0.15) is 15.0 Å². The zero-order chi connectivity index (χ0) is 12.1. The normalized spacial score (nSPS) is 10.4. The molecule has 0 spiro atoms. The van der Waals surface area contributed by atoms with Crippen molar-refractivity contribution < 1.29 is 0 Å². The molecular weight excluding hydrogens is 212 g/mol. The molecule has 17 heavy (non-hydrogen) atoms. The molecular formula is C13H16N4. The van der Waals surface area contributed by atoms with Crippen LogP contribution in [0.3, 0.4) is 0 Å². The van der Waals surface area contributed by atoms with E-state index in [-0.39, 0.29) is 0 Å². The van der Waals surface area contributed by atoms with Crippen LogP contribution in [0.5, 0.6) is 0 Å². The highest BCUT2D eigenvalue weighted by molar-refractivity contribution is 5.28. The zero-order valence-electron chi connectivity index (χ0n) is 9.93. The van der Waals surface area contributed by atoms with E-state index in [4.69, 9.17) is 0 Å². The maximum Gasteiger partial charge on any atom is 0.0969 e. The molecule has 0 bridgehead atoms. The average Bonchev–Trinajstić information content (AvgIpc) is 2.78. The van der Waals surface area contributed by atoms with Gasteiger partial charge in [-0.05, 0) is 19.1 Å². The summed E-state index contributed by atoms with van der Waals surface area (Å²) in [5.41, 5.74) is 3.01. The highest BCUT2D eigenvalue weighted by Gasteiger charge is 2.01. The number of nitrogens with one attached hydrogen (secondary N) is 1. The number of para-hydroxylation sites is 1. The van der Waals surface area contributed by atoms with E-state index in [0.717, 1.165) is 23.5 Å². The molecule has 0 aliphatic carbocycles. The fourth-order valence-corrected chi connectivity index (χ4v) is 1.47. The molecule has 0 aliphatic heterocycles. The molecule has 0 atom stereocenters. The lowest BCUT2D eigenvalue weighted by Gasteiger charge is -2.00. The minimum absolute atomic E-state index is 0.708. The number of aromatic nitrogens is 3. The Morgan fingerprint density at radius 3 is 2.82 bits per heavy atom. The fourth-order valence-electron chi connectivity index (χ4n) is 1.47. The molecule has 4 heteroatoms. The molecule has 2 aromatic rings. The Morgan fingerprint density at radius 1 is 1.35 bits per heavy atom. The Kier molecular flexibility index (Phi) is 3.67. The molecule has 1 heterocycles. The molecule has 0 saturated heterocycles. The lowest BCUT2D eigenvalue weighted by molar-refractivity contribution is 0.691. The van der Waals surface area contributed by atoms with E-state index >= 15 is 0 Å². The molecule has 0 amide bonds. The van der Waals surface area contributed by atoms with Crippen molar-refractivity contribution in [2.45, 2.75) is 13.5 Å².